The van der Waals surface area contributed by atoms with Gasteiger partial charge in [0, 0.05) is 38.2 Å². The Morgan fingerprint density at radius 3 is 2.55 bits per heavy atom. The van der Waals surface area contributed by atoms with Crippen molar-refractivity contribution in [2.45, 2.75) is 38.0 Å². The van der Waals surface area contributed by atoms with Crippen LogP contribution in [-0.4, -0.2) is 65.9 Å². The summed E-state index contributed by atoms with van der Waals surface area (Å²) in [5, 5.41) is 0. The van der Waals surface area contributed by atoms with Crippen molar-refractivity contribution in [1.82, 2.24) is 14.2 Å². The number of sulfonamides is 1. The van der Waals surface area contributed by atoms with Gasteiger partial charge in [-0.15, -0.1) is 0 Å². The number of ether oxygens (including phenoxy) is 1. The third-order valence-electron chi connectivity index (χ3n) is 4.81. The summed E-state index contributed by atoms with van der Waals surface area (Å²) in [6.45, 7) is -0.118. The predicted molar refractivity (Wildman–Crippen MR) is 94.2 cm³/mol. The average molecular weight is 435 g/mol. The maximum absolute atomic E-state index is 12.8. The van der Waals surface area contributed by atoms with Gasteiger partial charge in [0.25, 0.3) is 0 Å². The highest BCUT2D eigenvalue weighted by molar-refractivity contribution is 7.89. The van der Waals surface area contributed by atoms with Crippen LogP contribution in [0.5, 0.6) is 5.88 Å². The molecule has 2 saturated heterocycles. The number of pyridine rings is 1. The van der Waals surface area contributed by atoms with Crippen LogP contribution in [0.4, 0.5) is 13.2 Å². The summed E-state index contributed by atoms with van der Waals surface area (Å²) in [6.07, 6.45) is -3.00. The smallest absolute Gasteiger partial charge is 0.416 e. The third-order valence-corrected chi connectivity index (χ3v) is 6.62. The number of halogens is 3. The van der Waals surface area contributed by atoms with Gasteiger partial charge in [-0.3, -0.25) is 14.5 Å². The molecule has 2 amide bonds. The summed E-state index contributed by atoms with van der Waals surface area (Å²) in [4.78, 5) is 28.3. The largest absolute Gasteiger partial charge is 0.473 e. The van der Waals surface area contributed by atoms with Crippen LogP contribution < -0.4 is 4.74 Å². The zero-order chi connectivity index (χ0) is 21.2. The number of imide groups is 1. The van der Waals surface area contributed by atoms with E-state index in [2.05, 4.69) is 4.98 Å². The lowest BCUT2D eigenvalue weighted by molar-refractivity contribution is -0.147. The molecule has 8 nitrogen and oxygen atoms in total. The van der Waals surface area contributed by atoms with Crippen molar-refractivity contribution in [2.75, 3.05) is 25.4 Å². The van der Waals surface area contributed by atoms with Gasteiger partial charge in [-0.2, -0.15) is 17.5 Å². The maximum atomic E-state index is 12.8. The van der Waals surface area contributed by atoms with Gasteiger partial charge in [-0.25, -0.2) is 13.4 Å². The van der Waals surface area contributed by atoms with Crippen LogP contribution in [0.1, 0.15) is 31.2 Å². The number of rotatable bonds is 6. The number of amides is 2. The van der Waals surface area contributed by atoms with Gasteiger partial charge < -0.3 is 4.74 Å². The predicted octanol–water partition coefficient (Wildman–Crippen LogP) is 1.42. The van der Waals surface area contributed by atoms with Crippen molar-refractivity contribution in [2.24, 2.45) is 0 Å². The number of alkyl halides is 3. The number of carbonyl (C=O) groups excluding carboxylic acids is 2. The van der Waals surface area contributed by atoms with Crippen molar-refractivity contribution in [3.8, 4) is 5.88 Å². The molecule has 2 aliphatic heterocycles. The first kappa shape index (κ1) is 21.5. The van der Waals surface area contributed by atoms with E-state index in [0.717, 1.165) is 27.5 Å². The average Bonchev–Trinajstić information content (AvgIpc) is 3.10. The fourth-order valence-electron chi connectivity index (χ4n) is 3.25. The lowest BCUT2D eigenvalue weighted by Crippen LogP contribution is -2.44. The van der Waals surface area contributed by atoms with Gasteiger partial charge in [-0.05, 0) is 18.9 Å². The number of aromatic nitrogens is 1. The first-order chi connectivity index (χ1) is 13.6. The van der Waals surface area contributed by atoms with Crippen LogP contribution in [0.3, 0.4) is 0 Å². The molecule has 29 heavy (non-hydrogen) atoms. The van der Waals surface area contributed by atoms with Crippen LogP contribution in [0.15, 0.2) is 18.3 Å². The highest BCUT2D eigenvalue weighted by Gasteiger charge is 2.35. The summed E-state index contributed by atoms with van der Waals surface area (Å²) in [5.74, 6) is -1.39. The number of piperidine rings is 1. The van der Waals surface area contributed by atoms with E-state index >= 15 is 0 Å². The zero-order valence-corrected chi connectivity index (χ0v) is 16.2. The van der Waals surface area contributed by atoms with E-state index in [1.165, 1.54) is 0 Å². The molecule has 0 aliphatic carbocycles. The molecule has 0 N–H and O–H groups in total. The summed E-state index contributed by atoms with van der Waals surface area (Å²) in [5.41, 5.74) is -0.902. The molecule has 3 rings (SSSR count). The summed E-state index contributed by atoms with van der Waals surface area (Å²) >= 11 is 0. The molecule has 0 spiro atoms. The Hall–Kier alpha value is -2.21. The molecule has 3 heterocycles. The minimum Gasteiger partial charge on any atom is -0.473 e. The van der Waals surface area contributed by atoms with Crippen molar-refractivity contribution in [1.29, 1.82) is 0 Å². The number of nitrogens with zero attached hydrogens (tertiary/aromatic N) is 3. The lowest BCUT2D eigenvalue weighted by atomic mass is 10.1. The topological polar surface area (TPSA) is 96.9 Å². The molecule has 2 fully saturated rings. The van der Waals surface area contributed by atoms with Crippen LogP contribution in [0.2, 0.25) is 0 Å². The Labute approximate surface area is 165 Å². The summed E-state index contributed by atoms with van der Waals surface area (Å²) in [7, 11) is -3.76. The molecular formula is C17H20F3N3O5S. The Bertz CT molecular complexity index is 875. The standard InChI is InChI=1S/C17H20F3N3O5S/c18-17(19,20)12-4-6-21-14(10-12)28-13-5-7-22(11-13)29(26,27)9-8-23-15(24)2-1-3-16(23)25/h4,6,10,13H,1-3,5,7-9,11H2/t13-/m1/s1. The fourth-order valence-corrected chi connectivity index (χ4v) is 4.70. The number of hydrogen-bond acceptors (Lipinski definition) is 6. The maximum Gasteiger partial charge on any atom is 0.416 e. The van der Waals surface area contributed by atoms with E-state index in [-0.39, 0.29) is 50.2 Å². The van der Waals surface area contributed by atoms with E-state index in [4.69, 9.17) is 4.74 Å². The van der Waals surface area contributed by atoms with Crippen molar-refractivity contribution < 1.29 is 35.9 Å². The molecule has 0 radical (unpaired) electrons. The zero-order valence-electron chi connectivity index (χ0n) is 15.4. The van der Waals surface area contributed by atoms with Crippen LogP contribution >= 0.6 is 0 Å². The third kappa shape index (κ3) is 5.24. The molecular weight excluding hydrogens is 415 g/mol. The van der Waals surface area contributed by atoms with Gasteiger partial charge in [0.05, 0.1) is 17.9 Å². The van der Waals surface area contributed by atoms with Crippen molar-refractivity contribution >= 4 is 21.8 Å². The number of hydrogen-bond donors (Lipinski definition) is 0. The molecule has 1 aromatic heterocycles. The Kier molecular flexibility index (Phi) is 6.13. The second kappa shape index (κ2) is 8.27. The fraction of sp³-hybridized carbons (Fsp3) is 0.588. The molecule has 0 unspecified atom stereocenters. The highest BCUT2D eigenvalue weighted by atomic mass is 32.2. The molecule has 0 saturated carbocycles. The molecule has 1 atom stereocenters. The second-order valence-corrected chi connectivity index (χ2v) is 8.96. The van der Waals surface area contributed by atoms with Gasteiger partial charge >= 0.3 is 6.18 Å². The molecule has 1 aromatic rings. The SMILES string of the molecule is O=C1CCCC(=O)N1CCS(=O)(=O)N1CC[C@@H](Oc2cc(C(F)(F)F)ccn2)C1. The monoisotopic (exact) mass is 435 g/mol. The minimum atomic E-state index is -4.53. The van der Waals surface area contributed by atoms with E-state index in [0.29, 0.717) is 12.8 Å². The van der Waals surface area contributed by atoms with Crippen LogP contribution in [0, 0.1) is 0 Å². The van der Waals surface area contributed by atoms with Gasteiger partial charge in [0.1, 0.15) is 6.10 Å². The second-order valence-electron chi connectivity index (χ2n) is 6.88. The van der Waals surface area contributed by atoms with Crippen LogP contribution in [0.25, 0.3) is 0 Å². The van der Waals surface area contributed by atoms with Gasteiger partial charge in [-0.1, -0.05) is 0 Å². The molecule has 2 aliphatic rings. The van der Waals surface area contributed by atoms with Gasteiger partial charge in [0.15, 0.2) is 0 Å². The molecule has 160 valence electrons. The van der Waals surface area contributed by atoms with Gasteiger partial charge in [0.2, 0.25) is 27.7 Å². The first-order valence-corrected chi connectivity index (χ1v) is 10.7. The number of likely N-dealkylation sites (tertiary alicyclic amines) is 1. The van der Waals surface area contributed by atoms with E-state index in [1.54, 1.807) is 0 Å². The Morgan fingerprint density at radius 2 is 1.90 bits per heavy atom. The summed E-state index contributed by atoms with van der Waals surface area (Å²) < 4.78 is 70.0. The lowest BCUT2D eigenvalue weighted by Gasteiger charge is -2.25. The van der Waals surface area contributed by atoms with Crippen molar-refractivity contribution in [3.05, 3.63) is 23.9 Å². The van der Waals surface area contributed by atoms with E-state index < -0.39 is 33.6 Å². The molecule has 0 aromatic carbocycles. The number of carbonyl (C=O) groups is 2. The Balaban J connectivity index is 1.57. The summed E-state index contributed by atoms with van der Waals surface area (Å²) in [6, 6.07) is 1.59. The Morgan fingerprint density at radius 1 is 1.21 bits per heavy atom. The highest BCUT2D eigenvalue weighted by Crippen LogP contribution is 2.31. The normalized spacial score (nSPS) is 21.6. The molecule has 0 bridgehead atoms. The quantitative estimate of drug-likeness (QED) is 0.627. The van der Waals surface area contributed by atoms with E-state index in [1.807, 2.05) is 0 Å². The van der Waals surface area contributed by atoms with E-state index in [9.17, 15) is 31.2 Å². The molecule has 12 heteroatoms. The first-order valence-electron chi connectivity index (χ1n) is 9.07. The van der Waals surface area contributed by atoms with Crippen LogP contribution in [-0.2, 0) is 25.8 Å². The minimum absolute atomic E-state index is 0.0395. The van der Waals surface area contributed by atoms with Crippen molar-refractivity contribution in [3.63, 3.8) is 0 Å².